The zero-order valence-corrected chi connectivity index (χ0v) is 12.9. The minimum Gasteiger partial charge on any atom is -0.329 e. The van der Waals surface area contributed by atoms with Gasteiger partial charge in [0.2, 0.25) is 0 Å². The third-order valence-electron chi connectivity index (χ3n) is 3.85. The number of nitrogens with two attached hydrogens (primary N) is 1. The molecule has 110 valence electrons. The third-order valence-corrected chi connectivity index (χ3v) is 3.85. The lowest BCUT2D eigenvalue weighted by Gasteiger charge is -2.37. The van der Waals surface area contributed by atoms with Crippen molar-refractivity contribution in [1.82, 2.24) is 19.7 Å². The zero-order chi connectivity index (χ0) is 13.1. The molecule has 0 radical (unpaired) electrons. The van der Waals surface area contributed by atoms with Gasteiger partial charge < -0.3 is 5.73 Å². The molecule has 5 nitrogen and oxygen atoms in total. The van der Waals surface area contributed by atoms with E-state index in [1.807, 2.05) is 4.68 Å². The van der Waals surface area contributed by atoms with E-state index in [-0.39, 0.29) is 12.4 Å². The van der Waals surface area contributed by atoms with Crippen molar-refractivity contribution in [1.29, 1.82) is 0 Å². The number of halogens is 1. The molecule has 0 amide bonds. The van der Waals surface area contributed by atoms with E-state index in [9.17, 15) is 0 Å². The largest absolute Gasteiger partial charge is 0.329 e. The fraction of sp³-hybridized carbons (Fsp3) is 0.846. The first-order chi connectivity index (χ1) is 8.61. The Balaban J connectivity index is 0.00000180. The van der Waals surface area contributed by atoms with E-state index >= 15 is 0 Å². The number of nitrogens with zero attached hydrogens (tertiary/aromatic N) is 4. The van der Waals surface area contributed by atoms with Crippen LogP contribution in [0.1, 0.15) is 45.5 Å². The summed E-state index contributed by atoms with van der Waals surface area (Å²) in [6, 6.07) is 0.855. The Labute approximate surface area is 122 Å². The second kappa shape index (κ2) is 7.22. The van der Waals surface area contributed by atoms with Crippen molar-refractivity contribution in [2.45, 2.75) is 52.2 Å². The highest BCUT2D eigenvalue weighted by molar-refractivity contribution is 5.85. The van der Waals surface area contributed by atoms with Gasteiger partial charge in [-0.1, -0.05) is 6.92 Å². The van der Waals surface area contributed by atoms with Gasteiger partial charge in [0, 0.05) is 18.6 Å². The fourth-order valence-corrected chi connectivity index (χ4v) is 2.75. The molecule has 2 N–H and O–H groups in total. The second-order valence-electron chi connectivity index (χ2n) is 5.70. The molecular weight excluding hydrogens is 262 g/mol. The van der Waals surface area contributed by atoms with E-state index in [1.165, 1.54) is 12.8 Å². The molecule has 1 saturated heterocycles. The maximum absolute atomic E-state index is 5.90. The molecule has 1 aliphatic rings. The van der Waals surface area contributed by atoms with Gasteiger partial charge in [0.05, 0.1) is 6.54 Å². The lowest BCUT2D eigenvalue weighted by Crippen LogP contribution is -2.46. The van der Waals surface area contributed by atoms with Gasteiger partial charge in [-0.05, 0) is 39.2 Å². The van der Waals surface area contributed by atoms with E-state index in [4.69, 9.17) is 5.73 Å². The molecule has 1 aromatic heterocycles. The normalized spacial score (nSPS) is 24.5. The number of hydrogen-bond donors (Lipinski definition) is 1. The first kappa shape index (κ1) is 16.4. The Morgan fingerprint density at radius 3 is 2.84 bits per heavy atom. The third kappa shape index (κ3) is 3.91. The van der Waals surface area contributed by atoms with Crippen molar-refractivity contribution >= 4 is 12.4 Å². The second-order valence-corrected chi connectivity index (χ2v) is 5.70. The van der Waals surface area contributed by atoms with Gasteiger partial charge in [-0.15, -0.1) is 12.4 Å². The van der Waals surface area contributed by atoms with Crippen LogP contribution in [-0.4, -0.2) is 38.8 Å². The monoisotopic (exact) mass is 287 g/mol. The van der Waals surface area contributed by atoms with Crippen molar-refractivity contribution in [3.05, 3.63) is 12.2 Å². The number of hydrogen-bond acceptors (Lipinski definition) is 4. The lowest BCUT2D eigenvalue weighted by molar-refractivity contribution is 0.110. The first-order valence-corrected chi connectivity index (χ1v) is 6.94. The van der Waals surface area contributed by atoms with E-state index in [2.05, 4.69) is 35.8 Å². The van der Waals surface area contributed by atoms with Gasteiger partial charge in [0.15, 0.2) is 0 Å². The average Bonchev–Trinajstić information content (AvgIpc) is 2.79. The van der Waals surface area contributed by atoms with E-state index < -0.39 is 0 Å². The Morgan fingerprint density at radius 2 is 2.21 bits per heavy atom. The summed E-state index contributed by atoms with van der Waals surface area (Å²) in [5, 5.41) is 4.29. The molecule has 0 bridgehead atoms. The lowest BCUT2D eigenvalue weighted by atomic mass is 9.92. The summed E-state index contributed by atoms with van der Waals surface area (Å²) in [4.78, 5) is 6.85. The van der Waals surface area contributed by atoms with Gasteiger partial charge in [-0.2, -0.15) is 5.10 Å². The van der Waals surface area contributed by atoms with Crippen molar-refractivity contribution in [2.75, 3.05) is 13.1 Å². The summed E-state index contributed by atoms with van der Waals surface area (Å²) in [6.07, 6.45) is 4.11. The highest BCUT2D eigenvalue weighted by Gasteiger charge is 2.26. The predicted octanol–water partition coefficient (Wildman–Crippen LogP) is 1.84. The number of rotatable bonds is 4. The molecule has 2 atom stereocenters. The summed E-state index contributed by atoms with van der Waals surface area (Å²) in [6.45, 7) is 9.31. The van der Waals surface area contributed by atoms with Crippen LogP contribution in [0.4, 0.5) is 0 Å². The van der Waals surface area contributed by atoms with Gasteiger partial charge >= 0.3 is 0 Å². The summed E-state index contributed by atoms with van der Waals surface area (Å²) in [5.41, 5.74) is 5.90. The first-order valence-electron chi connectivity index (χ1n) is 6.94. The molecule has 1 aliphatic heterocycles. The standard InChI is InChI=1S/C13H25N5.ClH/c1-10(2)18-13(15-9-16-18)8-17-5-4-11(3)6-12(17)7-14;/h9-12H,4-8,14H2,1-3H3;1H. The molecule has 0 spiro atoms. The SMILES string of the molecule is CC1CCN(Cc2ncnn2C(C)C)C(CN)C1.Cl. The zero-order valence-electron chi connectivity index (χ0n) is 12.1. The molecule has 1 aromatic rings. The highest BCUT2D eigenvalue weighted by Crippen LogP contribution is 2.23. The average molecular weight is 288 g/mol. The van der Waals surface area contributed by atoms with Crippen molar-refractivity contribution in [3.8, 4) is 0 Å². The van der Waals surface area contributed by atoms with E-state index in [0.717, 1.165) is 31.4 Å². The van der Waals surface area contributed by atoms with Crippen LogP contribution in [-0.2, 0) is 6.54 Å². The van der Waals surface area contributed by atoms with Crippen molar-refractivity contribution < 1.29 is 0 Å². The molecule has 1 fully saturated rings. The van der Waals surface area contributed by atoms with Crippen LogP contribution in [0.5, 0.6) is 0 Å². The van der Waals surface area contributed by atoms with Crippen LogP contribution in [0.2, 0.25) is 0 Å². The van der Waals surface area contributed by atoms with Gasteiger partial charge in [0.1, 0.15) is 12.2 Å². The Morgan fingerprint density at radius 1 is 1.47 bits per heavy atom. The van der Waals surface area contributed by atoms with Crippen LogP contribution in [0.3, 0.4) is 0 Å². The minimum absolute atomic E-state index is 0. The fourth-order valence-electron chi connectivity index (χ4n) is 2.75. The van der Waals surface area contributed by atoms with Crippen LogP contribution < -0.4 is 5.73 Å². The quantitative estimate of drug-likeness (QED) is 0.918. The molecular formula is C13H26ClN5. The summed E-state index contributed by atoms with van der Waals surface area (Å²) < 4.78 is 2.01. The van der Waals surface area contributed by atoms with Gasteiger partial charge in [0.25, 0.3) is 0 Å². The van der Waals surface area contributed by atoms with Crippen LogP contribution in [0, 0.1) is 5.92 Å². The molecule has 0 aromatic carbocycles. The Kier molecular flexibility index (Phi) is 6.23. The minimum atomic E-state index is 0. The topological polar surface area (TPSA) is 60.0 Å². The molecule has 0 aliphatic carbocycles. The smallest absolute Gasteiger partial charge is 0.141 e. The van der Waals surface area contributed by atoms with Crippen molar-refractivity contribution in [2.24, 2.45) is 11.7 Å². The Hall–Kier alpha value is -0.650. The number of likely N-dealkylation sites (tertiary alicyclic amines) is 1. The summed E-state index contributed by atoms with van der Waals surface area (Å²) in [5.74, 6) is 1.84. The Bertz CT molecular complexity index is 379. The molecule has 2 heterocycles. The molecule has 19 heavy (non-hydrogen) atoms. The maximum Gasteiger partial charge on any atom is 0.141 e. The summed E-state index contributed by atoms with van der Waals surface area (Å²) >= 11 is 0. The van der Waals surface area contributed by atoms with E-state index in [0.29, 0.717) is 12.1 Å². The highest BCUT2D eigenvalue weighted by atomic mass is 35.5. The van der Waals surface area contributed by atoms with Crippen LogP contribution in [0.25, 0.3) is 0 Å². The molecule has 0 saturated carbocycles. The molecule has 2 unspecified atom stereocenters. The number of piperidine rings is 1. The predicted molar refractivity (Wildman–Crippen MR) is 79.3 cm³/mol. The van der Waals surface area contributed by atoms with Gasteiger partial charge in [-0.25, -0.2) is 9.67 Å². The van der Waals surface area contributed by atoms with Crippen LogP contribution in [0.15, 0.2) is 6.33 Å². The molecule has 2 rings (SSSR count). The maximum atomic E-state index is 5.90. The van der Waals surface area contributed by atoms with E-state index in [1.54, 1.807) is 6.33 Å². The summed E-state index contributed by atoms with van der Waals surface area (Å²) in [7, 11) is 0. The number of aromatic nitrogens is 3. The molecule has 6 heteroatoms. The van der Waals surface area contributed by atoms with Crippen LogP contribution >= 0.6 is 12.4 Å². The van der Waals surface area contributed by atoms with Gasteiger partial charge in [-0.3, -0.25) is 4.90 Å². The van der Waals surface area contributed by atoms with Crippen molar-refractivity contribution in [3.63, 3.8) is 0 Å².